The van der Waals surface area contributed by atoms with Crippen LogP contribution in [0.5, 0.6) is 5.75 Å². The Kier molecular flexibility index (Phi) is 4.09. The average molecular weight is 289 g/mol. The zero-order valence-corrected chi connectivity index (χ0v) is 13.0. The van der Waals surface area contributed by atoms with Crippen LogP contribution >= 0.6 is 11.3 Å². The number of hydrogen-bond acceptors (Lipinski definition) is 5. The molecule has 0 fully saturated rings. The van der Waals surface area contributed by atoms with Crippen molar-refractivity contribution >= 4 is 22.2 Å². The van der Waals surface area contributed by atoms with E-state index in [1.165, 1.54) is 0 Å². The quantitative estimate of drug-likeness (QED) is 0.663. The minimum absolute atomic E-state index is 0.0478. The molecule has 0 atom stereocenters. The number of phenolic OH excluding ortho intramolecular Hbond substituents is 1. The summed E-state index contributed by atoms with van der Waals surface area (Å²) in [7, 11) is 0. The highest BCUT2D eigenvalue weighted by Gasteiger charge is 2.17. The largest absolute Gasteiger partial charge is 0.508 e. The molecule has 0 aliphatic rings. The number of phenols is 1. The van der Waals surface area contributed by atoms with Gasteiger partial charge in [-0.1, -0.05) is 20.8 Å². The molecule has 0 saturated carbocycles. The van der Waals surface area contributed by atoms with Gasteiger partial charge in [0.05, 0.1) is 11.4 Å². The number of aromatic hydroxyl groups is 1. The summed E-state index contributed by atoms with van der Waals surface area (Å²) in [5.74, 6) is 0.254. The smallest absolute Gasteiger partial charge is 0.203 e. The molecule has 0 spiro atoms. The van der Waals surface area contributed by atoms with Gasteiger partial charge in [0.2, 0.25) is 5.13 Å². The second-order valence-electron chi connectivity index (χ2n) is 5.64. The summed E-state index contributed by atoms with van der Waals surface area (Å²) < 4.78 is 0. The van der Waals surface area contributed by atoms with Crippen LogP contribution in [-0.2, 0) is 5.41 Å². The molecule has 0 radical (unpaired) electrons. The minimum Gasteiger partial charge on any atom is -0.508 e. The Morgan fingerprint density at radius 3 is 2.45 bits per heavy atom. The van der Waals surface area contributed by atoms with Crippen LogP contribution in [0, 0.1) is 0 Å². The normalized spacial score (nSPS) is 12.5. The summed E-state index contributed by atoms with van der Waals surface area (Å²) in [5.41, 5.74) is 5.89. The third kappa shape index (κ3) is 3.57. The maximum Gasteiger partial charge on any atom is 0.203 e. The fourth-order valence-electron chi connectivity index (χ4n) is 1.57. The topological polar surface area (TPSA) is 57.5 Å². The lowest BCUT2D eigenvalue weighted by Crippen LogP contribution is -2.11. The Bertz CT molecular complexity index is 609. The van der Waals surface area contributed by atoms with Gasteiger partial charge in [-0.15, -0.1) is 11.3 Å². The van der Waals surface area contributed by atoms with E-state index in [0.29, 0.717) is 0 Å². The predicted octanol–water partition coefficient (Wildman–Crippen LogP) is 3.98. The molecule has 2 aromatic rings. The summed E-state index contributed by atoms with van der Waals surface area (Å²) >= 11 is 1.55. The highest BCUT2D eigenvalue weighted by molar-refractivity contribution is 7.13. The Labute approximate surface area is 123 Å². The van der Waals surface area contributed by atoms with Crippen LogP contribution in [0.4, 0.5) is 5.13 Å². The number of benzene rings is 1. The number of nitrogens with zero attached hydrogens (tertiary/aromatic N) is 2. The zero-order chi connectivity index (χ0) is 14.8. The van der Waals surface area contributed by atoms with Gasteiger partial charge >= 0.3 is 0 Å². The highest BCUT2D eigenvalue weighted by atomic mass is 32.1. The van der Waals surface area contributed by atoms with Gasteiger partial charge in [0, 0.05) is 10.8 Å². The Morgan fingerprint density at radius 1 is 1.25 bits per heavy atom. The summed E-state index contributed by atoms with van der Waals surface area (Å²) in [5, 5.41) is 16.4. The van der Waals surface area contributed by atoms with E-state index >= 15 is 0 Å². The molecular formula is C15H19N3OS. The standard InChI is InChI=1S/C15H19N3OS/c1-10(11-5-7-12(19)8-6-11)17-18-14-16-13(9-20-14)15(2,3)4/h5-9,19H,1-4H3,(H,16,18)/b17-10-. The molecule has 4 nitrogen and oxygen atoms in total. The fourth-order valence-corrected chi connectivity index (χ4v) is 2.45. The molecule has 0 aliphatic carbocycles. The van der Waals surface area contributed by atoms with Gasteiger partial charge in [0.15, 0.2) is 0 Å². The van der Waals surface area contributed by atoms with Gasteiger partial charge in [-0.25, -0.2) is 4.98 Å². The van der Waals surface area contributed by atoms with Crippen LogP contribution < -0.4 is 5.43 Å². The number of nitrogens with one attached hydrogen (secondary N) is 1. The third-order valence-electron chi connectivity index (χ3n) is 2.88. The molecule has 106 valence electrons. The van der Waals surface area contributed by atoms with Gasteiger partial charge in [-0.3, -0.25) is 5.43 Å². The third-order valence-corrected chi connectivity index (χ3v) is 3.62. The molecule has 5 heteroatoms. The summed E-state index contributed by atoms with van der Waals surface area (Å²) in [6, 6.07) is 6.96. The Balaban J connectivity index is 2.09. The molecule has 0 bridgehead atoms. The number of anilines is 1. The molecule has 2 N–H and O–H groups in total. The monoisotopic (exact) mass is 289 g/mol. The first kappa shape index (κ1) is 14.5. The summed E-state index contributed by atoms with van der Waals surface area (Å²) in [4.78, 5) is 4.52. The van der Waals surface area contributed by atoms with E-state index in [-0.39, 0.29) is 11.2 Å². The van der Waals surface area contributed by atoms with E-state index in [1.54, 1.807) is 23.5 Å². The molecule has 1 aromatic heterocycles. The van der Waals surface area contributed by atoms with Crippen molar-refractivity contribution in [2.24, 2.45) is 5.10 Å². The molecule has 20 heavy (non-hydrogen) atoms. The lowest BCUT2D eigenvalue weighted by Gasteiger charge is -2.13. The van der Waals surface area contributed by atoms with Crippen molar-refractivity contribution in [3.05, 3.63) is 40.9 Å². The van der Waals surface area contributed by atoms with Crippen molar-refractivity contribution in [2.45, 2.75) is 33.1 Å². The van der Waals surface area contributed by atoms with Crippen molar-refractivity contribution in [1.29, 1.82) is 0 Å². The van der Waals surface area contributed by atoms with E-state index in [4.69, 9.17) is 0 Å². The van der Waals surface area contributed by atoms with Gasteiger partial charge < -0.3 is 5.11 Å². The summed E-state index contributed by atoms with van der Waals surface area (Å²) in [6.45, 7) is 8.32. The molecule has 1 aromatic carbocycles. The maximum atomic E-state index is 9.26. The van der Waals surface area contributed by atoms with Crippen molar-refractivity contribution in [3.8, 4) is 5.75 Å². The van der Waals surface area contributed by atoms with E-state index in [1.807, 2.05) is 24.4 Å². The van der Waals surface area contributed by atoms with Crippen molar-refractivity contribution in [3.63, 3.8) is 0 Å². The van der Waals surface area contributed by atoms with Gasteiger partial charge in [-0.05, 0) is 36.8 Å². The number of hydrazone groups is 1. The SMILES string of the molecule is C/C(=N/Nc1nc(C(C)(C)C)cs1)c1ccc(O)cc1. The molecule has 1 heterocycles. The minimum atomic E-state index is 0.0478. The van der Waals surface area contributed by atoms with E-state index in [2.05, 4.69) is 36.3 Å². The van der Waals surface area contributed by atoms with Crippen LogP contribution in [0.1, 0.15) is 39.0 Å². The molecule has 0 aliphatic heterocycles. The lowest BCUT2D eigenvalue weighted by atomic mass is 9.93. The van der Waals surface area contributed by atoms with Crippen LogP contribution in [0.3, 0.4) is 0 Å². The molecule has 0 unspecified atom stereocenters. The van der Waals surface area contributed by atoms with E-state index in [0.717, 1.165) is 22.1 Å². The van der Waals surface area contributed by atoms with Crippen molar-refractivity contribution < 1.29 is 5.11 Å². The van der Waals surface area contributed by atoms with Crippen LogP contribution in [0.15, 0.2) is 34.7 Å². The fraction of sp³-hybridized carbons (Fsp3) is 0.333. The van der Waals surface area contributed by atoms with Gasteiger partial charge in [0.1, 0.15) is 5.75 Å². The number of aromatic nitrogens is 1. The second kappa shape index (κ2) is 5.63. The number of hydrogen-bond donors (Lipinski definition) is 2. The maximum absolute atomic E-state index is 9.26. The second-order valence-corrected chi connectivity index (χ2v) is 6.50. The van der Waals surface area contributed by atoms with Gasteiger partial charge in [-0.2, -0.15) is 5.10 Å². The highest BCUT2D eigenvalue weighted by Crippen LogP contribution is 2.26. The lowest BCUT2D eigenvalue weighted by molar-refractivity contribution is 0.475. The van der Waals surface area contributed by atoms with Crippen LogP contribution in [0.25, 0.3) is 0 Å². The number of rotatable bonds is 3. The van der Waals surface area contributed by atoms with Crippen LogP contribution in [0.2, 0.25) is 0 Å². The van der Waals surface area contributed by atoms with Crippen molar-refractivity contribution in [2.75, 3.05) is 5.43 Å². The van der Waals surface area contributed by atoms with Crippen molar-refractivity contribution in [1.82, 2.24) is 4.98 Å². The first-order valence-corrected chi connectivity index (χ1v) is 7.30. The Hall–Kier alpha value is -1.88. The zero-order valence-electron chi connectivity index (χ0n) is 12.1. The first-order valence-electron chi connectivity index (χ1n) is 6.42. The molecule has 0 amide bonds. The van der Waals surface area contributed by atoms with E-state index < -0.39 is 0 Å². The van der Waals surface area contributed by atoms with Crippen LogP contribution in [-0.4, -0.2) is 15.8 Å². The number of thiazole rings is 1. The predicted molar refractivity (Wildman–Crippen MR) is 84.8 cm³/mol. The molecule has 0 saturated heterocycles. The first-order chi connectivity index (χ1) is 9.36. The summed E-state index contributed by atoms with van der Waals surface area (Å²) in [6.07, 6.45) is 0. The van der Waals surface area contributed by atoms with E-state index in [9.17, 15) is 5.11 Å². The van der Waals surface area contributed by atoms with Gasteiger partial charge in [0.25, 0.3) is 0 Å². The average Bonchev–Trinajstić information content (AvgIpc) is 2.85. The molecular weight excluding hydrogens is 270 g/mol. The Morgan fingerprint density at radius 2 is 1.90 bits per heavy atom. The molecule has 2 rings (SSSR count).